The molecule has 0 radical (unpaired) electrons. The van der Waals surface area contributed by atoms with E-state index in [4.69, 9.17) is 0 Å². The van der Waals surface area contributed by atoms with E-state index in [0.717, 1.165) is 13.0 Å². The van der Waals surface area contributed by atoms with Crippen molar-refractivity contribution in [1.29, 1.82) is 0 Å². The lowest BCUT2D eigenvalue weighted by Crippen LogP contribution is -2.34. The van der Waals surface area contributed by atoms with E-state index in [0.29, 0.717) is 23.7 Å². The summed E-state index contributed by atoms with van der Waals surface area (Å²) in [6, 6.07) is 0.655. The molecular formula is C12H23NO. The van der Waals surface area contributed by atoms with Crippen molar-refractivity contribution in [3.8, 4) is 0 Å². The molecule has 2 rings (SSSR count). The minimum absolute atomic E-state index is 0.231. The third-order valence-corrected chi connectivity index (χ3v) is 3.30. The van der Waals surface area contributed by atoms with Gasteiger partial charge in [-0.25, -0.2) is 0 Å². The predicted octanol–water partition coefficient (Wildman–Crippen LogP) is 2.24. The topological polar surface area (TPSA) is 29.1 Å². The average Bonchev–Trinajstić information content (AvgIpc) is 2.80. The van der Waals surface area contributed by atoms with E-state index in [1.165, 1.54) is 6.42 Å². The number of fused-ring (bicyclic) bond motifs is 2. The van der Waals surface area contributed by atoms with Crippen LogP contribution in [-0.2, 0) is 4.79 Å². The van der Waals surface area contributed by atoms with Gasteiger partial charge in [-0.2, -0.15) is 0 Å². The summed E-state index contributed by atoms with van der Waals surface area (Å²) < 4.78 is 0. The summed E-state index contributed by atoms with van der Waals surface area (Å²) >= 11 is 0. The third kappa shape index (κ3) is 2.17. The van der Waals surface area contributed by atoms with Crippen molar-refractivity contribution in [3.05, 3.63) is 0 Å². The smallest absolute Gasteiger partial charge is 0.138 e. The molecule has 1 saturated heterocycles. The molecule has 3 atom stereocenters. The molecule has 2 fully saturated rings. The Morgan fingerprint density at radius 1 is 1.29 bits per heavy atom. The van der Waals surface area contributed by atoms with E-state index in [-0.39, 0.29) is 5.92 Å². The molecule has 0 spiro atoms. The molecule has 0 aromatic rings. The van der Waals surface area contributed by atoms with Gasteiger partial charge in [0, 0.05) is 17.9 Å². The Morgan fingerprint density at radius 3 is 2.29 bits per heavy atom. The second-order valence-electron chi connectivity index (χ2n) is 4.50. The van der Waals surface area contributed by atoms with Gasteiger partial charge < -0.3 is 5.32 Å². The summed E-state index contributed by atoms with van der Waals surface area (Å²) in [4.78, 5) is 11.7. The minimum atomic E-state index is 0.231. The highest BCUT2D eigenvalue weighted by Gasteiger charge is 2.43. The van der Waals surface area contributed by atoms with Crippen LogP contribution in [0.15, 0.2) is 0 Å². The molecule has 1 N–H and O–H groups in total. The first kappa shape index (κ1) is 11.7. The SMILES string of the molecule is CC.CC(C)C(=O)C1CC2CC1CN2. The molecule has 3 unspecified atom stereocenters. The molecule has 2 heteroatoms. The van der Waals surface area contributed by atoms with Gasteiger partial charge in [-0.15, -0.1) is 0 Å². The fraction of sp³-hybridized carbons (Fsp3) is 0.917. The van der Waals surface area contributed by atoms with Crippen molar-refractivity contribution in [3.63, 3.8) is 0 Å². The second kappa shape index (κ2) is 4.92. The number of Topliss-reactive ketones (excluding diaryl/α,β-unsaturated/α-hetero) is 1. The number of carbonyl (C=O) groups excluding carboxylic acids is 1. The van der Waals surface area contributed by atoms with Crippen LogP contribution >= 0.6 is 0 Å². The number of hydrogen-bond acceptors (Lipinski definition) is 2. The molecule has 0 amide bonds. The number of piperidine rings is 1. The minimum Gasteiger partial charge on any atom is -0.314 e. The molecule has 2 aliphatic rings. The Morgan fingerprint density at radius 2 is 1.93 bits per heavy atom. The van der Waals surface area contributed by atoms with Crippen molar-refractivity contribution in [2.24, 2.45) is 17.8 Å². The lowest BCUT2D eigenvalue weighted by Gasteiger charge is -2.22. The highest BCUT2D eigenvalue weighted by atomic mass is 16.1. The highest BCUT2D eigenvalue weighted by molar-refractivity contribution is 5.83. The first-order valence-corrected chi connectivity index (χ1v) is 5.95. The molecule has 1 heterocycles. The van der Waals surface area contributed by atoms with E-state index < -0.39 is 0 Å². The van der Waals surface area contributed by atoms with Gasteiger partial charge in [0.05, 0.1) is 0 Å². The van der Waals surface area contributed by atoms with Crippen molar-refractivity contribution >= 4 is 5.78 Å². The second-order valence-corrected chi connectivity index (χ2v) is 4.50. The maximum absolute atomic E-state index is 11.7. The van der Waals surface area contributed by atoms with Crippen LogP contribution in [0.3, 0.4) is 0 Å². The van der Waals surface area contributed by atoms with Gasteiger partial charge in [-0.3, -0.25) is 4.79 Å². The van der Waals surface area contributed by atoms with Crippen LogP contribution in [0.1, 0.15) is 40.5 Å². The van der Waals surface area contributed by atoms with Crippen LogP contribution in [0.5, 0.6) is 0 Å². The maximum atomic E-state index is 11.7. The first-order chi connectivity index (χ1) is 6.68. The van der Waals surface area contributed by atoms with Gasteiger partial charge in [-0.1, -0.05) is 27.7 Å². The summed E-state index contributed by atoms with van der Waals surface area (Å²) in [6.07, 6.45) is 2.34. The van der Waals surface area contributed by atoms with Crippen LogP contribution < -0.4 is 5.32 Å². The Hall–Kier alpha value is -0.370. The molecular weight excluding hydrogens is 174 g/mol. The Kier molecular flexibility index (Phi) is 4.11. The Bertz CT molecular complexity index is 200. The van der Waals surface area contributed by atoms with Crippen molar-refractivity contribution in [2.75, 3.05) is 6.54 Å². The van der Waals surface area contributed by atoms with Gasteiger partial charge in [-0.05, 0) is 25.3 Å². The van der Waals surface area contributed by atoms with E-state index in [2.05, 4.69) is 5.32 Å². The molecule has 1 saturated carbocycles. The molecule has 0 aromatic heterocycles. The molecule has 82 valence electrons. The summed E-state index contributed by atoms with van der Waals surface area (Å²) in [7, 11) is 0. The monoisotopic (exact) mass is 197 g/mol. The van der Waals surface area contributed by atoms with Gasteiger partial charge >= 0.3 is 0 Å². The average molecular weight is 197 g/mol. The van der Waals surface area contributed by atoms with Crippen molar-refractivity contribution in [1.82, 2.24) is 5.32 Å². The fourth-order valence-corrected chi connectivity index (χ4v) is 2.61. The van der Waals surface area contributed by atoms with E-state index in [1.807, 2.05) is 27.7 Å². The Labute approximate surface area is 87.5 Å². The molecule has 0 aromatic carbocycles. The number of ketones is 1. The number of hydrogen-bond donors (Lipinski definition) is 1. The zero-order valence-corrected chi connectivity index (χ0v) is 9.84. The lowest BCUT2D eigenvalue weighted by molar-refractivity contribution is -0.127. The van der Waals surface area contributed by atoms with Gasteiger partial charge in [0.2, 0.25) is 0 Å². The summed E-state index contributed by atoms with van der Waals surface area (Å²) in [5.74, 6) is 1.76. The van der Waals surface area contributed by atoms with E-state index >= 15 is 0 Å². The fourth-order valence-electron chi connectivity index (χ4n) is 2.61. The van der Waals surface area contributed by atoms with Crippen molar-refractivity contribution in [2.45, 2.75) is 46.6 Å². The highest BCUT2D eigenvalue weighted by Crippen LogP contribution is 2.38. The largest absolute Gasteiger partial charge is 0.314 e. The Balaban J connectivity index is 0.000000461. The van der Waals surface area contributed by atoms with Gasteiger partial charge in [0.15, 0.2) is 0 Å². The first-order valence-electron chi connectivity index (χ1n) is 5.95. The number of nitrogens with one attached hydrogen (secondary N) is 1. The van der Waals surface area contributed by atoms with E-state index in [1.54, 1.807) is 0 Å². The van der Waals surface area contributed by atoms with Crippen LogP contribution in [-0.4, -0.2) is 18.4 Å². The maximum Gasteiger partial charge on any atom is 0.138 e. The van der Waals surface area contributed by atoms with Crippen LogP contribution in [0, 0.1) is 17.8 Å². The number of rotatable bonds is 2. The standard InChI is InChI=1S/C10H17NO.C2H6/c1-6(2)10(12)9-4-8-3-7(9)5-11-8;1-2/h6-9,11H,3-5H2,1-2H3;1-2H3. The summed E-state index contributed by atoms with van der Waals surface area (Å²) in [5, 5.41) is 3.43. The van der Waals surface area contributed by atoms with Crippen molar-refractivity contribution < 1.29 is 4.79 Å². The molecule has 1 aliphatic heterocycles. The number of carbonyl (C=O) groups is 1. The lowest BCUT2D eigenvalue weighted by atomic mass is 9.86. The molecule has 2 nitrogen and oxygen atoms in total. The van der Waals surface area contributed by atoms with Gasteiger partial charge in [0.1, 0.15) is 5.78 Å². The summed E-state index contributed by atoms with van der Waals surface area (Å²) in [5.41, 5.74) is 0. The third-order valence-electron chi connectivity index (χ3n) is 3.30. The van der Waals surface area contributed by atoms with Crippen LogP contribution in [0.25, 0.3) is 0 Å². The normalized spacial score (nSPS) is 34.2. The zero-order chi connectivity index (χ0) is 10.7. The van der Waals surface area contributed by atoms with Crippen LogP contribution in [0.2, 0.25) is 0 Å². The zero-order valence-electron chi connectivity index (χ0n) is 9.84. The molecule has 1 aliphatic carbocycles. The predicted molar refractivity (Wildman–Crippen MR) is 59.2 cm³/mol. The quantitative estimate of drug-likeness (QED) is 0.735. The van der Waals surface area contributed by atoms with Crippen LogP contribution in [0.4, 0.5) is 0 Å². The molecule has 14 heavy (non-hydrogen) atoms. The van der Waals surface area contributed by atoms with Gasteiger partial charge in [0.25, 0.3) is 0 Å². The van der Waals surface area contributed by atoms with E-state index in [9.17, 15) is 4.79 Å². The summed E-state index contributed by atoms with van der Waals surface area (Å²) in [6.45, 7) is 9.11. The molecule has 2 bridgehead atoms.